The third-order valence-corrected chi connectivity index (χ3v) is 3.57. The first-order valence-electron chi connectivity index (χ1n) is 6.34. The van der Waals surface area contributed by atoms with E-state index >= 15 is 0 Å². The molecule has 0 radical (unpaired) electrons. The molecule has 18 heavy (non-hydrogen) atoms. The van der Waals surface area contributed by atoms with Crippen LogP contribution < -0.4 is 5.73 Å². The summed E-state index contributed by atoms with van der Waals surface area (Å²) in [4.78, 5) is 16.2. The first-order valence-corrected chi connectivity index (χ1v) is 6.34. The average Bonchev–Trinajstić information content (AvgIpc) is 2.67. The molecular formula is C12H27Cl2N3O. The first-order chi connectivity index (χ1) is 7.62. The van der Waals surface area contributed by atoms with Gasteiger partial charge in [-0.15, -0.1) is 24.8 Å². The van der Waals surface area contributed by atoms with E-state index in [0.717, 1.165) is 26.1 Å². The highest BCUT2D eigenvalue weighted by molar-refractivity contribution is 5.85. The SMILES string of the molecule is CCN(CC)CC(=O)N1CC(CN)CC1C.Cl.Cl. The molecular weight excluding hydrogens is 273 g/mol. The predicted octanol–water partition coefficient (Wildman–Crippen LogP) is 1.37. The van der Waals surface area contributed by atoms with E-state index in [9.17, 15) is 4.79 Å². The van der Waals surface area contributed by atoms with Crippen molar-refractivity contribution >= 4 is 30.7 Å². The lowest BCUT2D eigenvalue weighted by atomic mass is 10.1. The van der Waals surface area contributed by atoms with E-state index in [1.165, 1.54) is 0 Å². The van der Waals surface area contributed by atoms with E-state index in [-0.39, 0.29) is 30.7 Å². The van der Waals surface area contributed by atoms with E-state index in [1.54, 1.807) is 0 Å². The maximum atomic E-state index is 12.1. The number of amides is 1. The second-order valence-electron chi connectivity index (χ2n) is 4.69. The number of rotatable bonds is 5. The van der Waals surface area contributed by atoms with Gasteiger partial charge in [-0.3, -0.25) is 9.69 Å². The second kappa shape index (κ2) is 9.84. The quantitative estimate of drug-likeness (QED) is 0.834. The molecule has 2 N–H and O–H groups in total. The van der Waals surface area contributed by atoms with Crippen LogP contribution in [0.1, 0.15) is 27.2 Å². The van der Waals surface area contributed by atoms with Crippen molar-refractivity contribution in [1.82, 2.24) is 9.80 Å². The number of likely N-dealkylation sites (tertiary alicyclic amines) is 1. The smallest absolute Gasteiger partial charge is 0.236 e. The molecule has 0 spiro atoms. The number of halogens is 2. The van der Waals surface area contributed by atoms with Gasteiger partial charge in [0.1, 0.15) is 0 Å². The van der Waals surface area contributed by atoms with E-state index in [0.29, 0.717) is 25.0 Å². The number of carbonyl (C=O) groups excluding carboxylic acids is 1. The van der Waals surface area contributed by atoms with Crippen LogP contribution in [0.3, 0.4) is 0 Å². The van der Waals surface area contributed by atoms with E-state index in [2.05, 4.69) is 25.7 Å². The monoisotopic (exact) mass is 299 g/mol. The van der Waals surface area contributed by atoms with Crippen molar-refractivity contribution in [3.8, 4) is 0 Å². The van der Waals surface area contributed by atoms with Gasteiger partial charge in [-0.25, -0.2) is 0 Å². The Balaban J connectivity index is 0. The Hall–Kier alpha value is -0.0300. The highest BCUT2D eigenvalue weighted by Crippen LogP contribution is 2.22. The molecule has 2 atom stereocenters. The summed E-state index contributed by atoms with van der Waals surface area (Å²) in [6, 6.07) is 0.358. The Morgan fingerprint density at radius 1 is 1.33 bits per heavy atom. The molecule has 0 saturated carbocycles. The van der Waals surface area contributed by atoms with Crippen molar-refractivity contribution in [2.75, 3.05) is 32.7 Å². The lowest BCUT2D eigenvalue weighted by molar-refractivity contribution is -0.133. The number of nitrogens with zero attached hydrogens (tertiary/aromatic N) is 2. The Labute approximate surface area is 123 Å². The zero-order valence-electron chi connectivity index (χ0n) is 11.6. The molecule has 1 aliphatic heterocycles. The maximum absolute atomic E-state index is 12.1. The summed E-state index contributed by atoms with van der Waals surface area (Å²) in [5.74, 6) is 0.753. The van der Waals surface area contributed by atoms with Gasteiger partial charge in [-0.05, 0) is 38.9 Å². The summed E-state index contributed by atoms with van der Waals surface area (Å²) < 4.78 is 0. The minimum Gasteiger partial charge on any atom is -0.339 e. The molecule has 0 aromatic heterocycles. The summed E-state index contributed by atoms with van der Waals surface area (Å²) in [5, 5.41) is 0. The van der Waals surface area contributed by atoms with E-state index in [4.69, 9.17) is 5.73 Å². The van der Waals surface area contributed by atoms with Crippen molar-refractivity contribution in [1.29, 1.82) is 0 Å². The molecule has 110 valence electrons. The zero-order valence-corrected chi connectivity index (χ0v) is 13.2. The largest absolute Gasteiger partial charge is 0.339 e. The van der Waals surface area contributed by atoms with Crippen LogP contribution in [0.5, 0.6) is 0 Å². The Morgan fingerprint density at radius 2 is 1.89 bits per heavy atom. The molecule has 6 heteroatoms. The van der Waals surface area contributed by atoms with Crippen LogP contribution >= 0.6 is 24.8 Å². The summed E-state index contributed by atoms with van der Waals surface area (Å²) in [7, 11) is 0. The van der Waals surface area contributed by atoms with Crippen LogP contribution in [0.4, 0.5) is 0 Å². The van der Waals surface area contributed by atoms with Crippen molar-refractivity contribution in [3.05, 3.63) is 0 Å². The number of nitrogens with two attached hydrogens (primary N) is 1. The number of hydrogen-bond acceptors (Lipinski definition) is 3. The molecule has 1 aliphatic rings. The van der Waals surface area contributed by atoms with Crippen molar-refractivity contribution in [2.45, 2.75) is 33.2 Å². The van der Waals surface area contributed by atoms with E-state index < -0.39 is 0 Å². The predicted molar refractivity (Wildman–Crippen MR) is 80.6 cm³/mol. The van der Waals surface area contributed by atoms with E-state index in [1.807, 2.05) is 4.90 Å². The van der Waals surface area contributed by atoms with Gasteiger partial charge >= 0.3 is 0 Å². The van der Waals surface area contributed by atoms with Gasteiger partial charge in [0.05, 0.1) is 6.54 Å². The third-order valence-electron chi connectivity index (χ3n) is 3.57. The number of likely N-dealkylation sites (N-methyl/N-ethyl adjacent to an activating group) is 1. The van der Waals surface area contributed by atoms with Crippen LogP contribution in [0.2, 0.25) is 0 Å². The minimum absolute atomic E-state index is 0. The van der Waals surface area contributed by atoms with Crippen molar-refractivity contribution < 1.29 is 4.79 Å². The van der Waals surface area contributed by atoms with Gasteiger partial charge in [-0.2, -0.15) is 0 Å². The third kappa shape index (κ3) is 5.31. The highest BCUT2D eigenvalue weighted by Gasteiger charge is 2.31. The maximum Gasteiger partial charge on any atom is 0.236 e. The normalized spacial score (nSPS) is 22.6. The fourth-order valence-electron chi connectivity index (χ4n) is 2.39. The second-order valence-corrected chi connectivity index (χ2v) is 4.69. The molecule has 1 rings (SSSR count). The van der Waals surface area contributed by atoms with Crippen molar-refractivity contribution in [3.63, 3.8) is 0 Å². The van der Waals surface area contributed by atoms with Crippen LogP contribution in [0.15, 0.2) is 0 Å². The molecule has 2 unspecified atom stereocenters. The van der Waals surface area contributed by atoms with Gasteiger partial charge < -0.3 is 10.6 Å². The van der Waals surface area contributed by atoms with Gasteiger partial charge in [0, 0.05) is 12.6 Å². The molecule has 0 aromatic rings. The minimum atomic E-state index is 0. The Bertz CT molecular complexity index is 237. The summed E-state index contributed by atoms with van der Waals surface area (Å²) in [6.07, 6.45) is 1.06. The average molecular weight is 300 g/mol. The van der Waals surface area contributed by atoms with Crippen LogP contribution in [-0.4, -0.2) is 54.5 Å². The summed E-state index contributed by atoms with van der Waals surface area (Å²) in [5.41, 5.74) is 5.66. The van der Waals surface area contributed by atoms with Crippen LogP contribution in [0, 0.1) is 5.92 Å². The van der Waals surface area contributed by atoms with Gasteiger partial charge in [0.2, 0.25) is 5.91 Å². The number of carbonyl (C=O) groups is 1. The van der Waals surface area contributed by atoms with Gasteiger partial charge in [0.25, 0.3) is 0 Å². The number of hydrogen-bond donors (Lipinski definition) is 1. The molecule has 0 aromatic carbocycles. The van der Waals surface area contributed by atoms with Crippen LogP contribution in [-0.2, 0) is 4.79 Å². The highest BCUT2D eigenvalue weighted by atomic mass is 35.5. The molecule has 0 aliphatic carbocycles. The molecule has 1 fully saturated rings. The summed E-state index contributed by atoms with van der Waals surface area (Å²) in [6.45, 7) is 10.3. The molecule has 1 amide bonds. The van der Waals surface area contributed by atoms with Crippen molar-refractivity contribution in [2.24, 2.45) is 11.7 Å². The fourth-order valence-corrected chi connectivity index (χ4v) is 2.39. The molecule has 0 bridgehead atoms. The van der Waals surface area contributed by atoms with Gasteiger partial charge in [-0.1, -0.05) is 13.8 Å². The first kappa shape index (κ1) is 20.3. The standard InChI is InChI=1S/C12H25N3O.2ClH/c1-4-14(5-2)9-12(16)15-8-11(7-13)6-10(15)3;;/h10-11H,4-9,13H2,1-3H3;2*1H. The molecule has 4 nitrogen and oxygen atoms in total. The van der Waals surface area contributed by atoms with Crippen LogP contribution in [0.25, 0.3) is 0 Å². The lowest BCUT2D eigenvalue weighted by Gasteiger charge is -2.25. The van der Waals surface area contributed by atoms with Gasteiger partial charge in [0.15, 0.2) is 0 Å². The lowest BCUT2D eigenvalue weighted by Crippen LogP contribution is -2.42. The Morgan fingerprint density at radius 3 is 2.28 bits per heavy atom. The summed E-state index contributed by atoms with van der Waals surface area (Å²) >= 11 is 0. The zero-order chi connectivity index (χ0) is 12.1. The molecule has 1 heterocycles. The topological polar surface area (TPSA) is 49.6 Å². The Kier molecular flexibility index (Phi) is 11.1. The molecule has 1 saturated heterocycles. The fraction of sp³-hybridized carbons (Fsp3) is 0.917.